The number of nitrogens with one attached hydrogen (secondary N) is 2. The van der Waals surface area contributed by atoms with Gasteiger partial charge in [-0.05, 0) is 51.1 Å². The van der Waals surface area contributed by atoms with Gasteiger partial charge in [-0.25, -0.2) is 19.7 Å². The van der Waals surface area contributed by atoms with Gasteiger partial charge < -0.3 is 14.4 Å². The lowest BCUT2D eigenvalue weighted by Gasteiger charge is -2.28. The maximum atomic E-state index is 12.5. The Hall–Kier alpha value is -3.36. The van der Waals surface area contributed by atoms with Crippen molar-refractivity contribution in [1.29, 1.82) is 0 Å². The van der Waals surface area contributed by atoms with E-state index in [0.29, 0.717) is 30.5 Å². The molecule has 1 aromatic carbocycles. The molecule has 1 atom stereocenters. The number of hydrogen-bond acceptors (Lipinski definition) is 6. The third-order valence-electron chi connectivity index (χ3n) is 4.87. The molecule has 3 heterocycles. The van der Waals surface area contributed by atoms with E-state index in [-0.39, 0.29) is 12.1 Å². The predicted molar refractivity (Wildman–Crippen MR) is 111 cm³/mol. The van der Waals surface area contributed by atoms with Crippen LogP contribution in [0.1, 0.15) is 33.6 Å². The van der Waals surface area contributed by atoms with E-state index in [0.717, 1.165) is 23.6 Å². The number of amides is 1. The Bertz CT molecular complexity index is 1110. The first-order valence-electron chi connectivity index (χ1n) is 9.97. The van der Waals surface area contributed by atoms with Crippen LogP contribution in [-0.2, 0) is 4.74 Å². The summed E-state index contributed by atoms with van der Waals surface area (Å²) in [6, 6.07) is 9.46. The number of H-pyrrole nitrogens is 2. The van der Waals surface area contributed by atoms with Crippen LogP contribution in [0.5, 0.6) is 5.88 Å². The number of ether oxygens (including phenoxy) is 2. The second kappa shape index (κ2) is 7.81. The van der Waals surface area contributed by atoms with Crippen LogP contribution in [0.2, 0.25) is 0 Å². The summed E-state index contributed by atoms with van der Waals surface area (Å²) in [5, 5.41) is 8.07. The Balaban J connectivity index is 1.57. The molecule has 1 unspecified atom stereocenters. The van der Waals surface area contributed by atoms with Gasteiger partial charge in [0.25, 0.3) is 0 Å². The predicted octanol–water partition coefficient (Wildman–Crippen LogP) is 3.09. The molecule has 9 heteroatoms. The van der Waals surface area contributed by atoms with E-state index in [1.54, 1.807) is 4.90 Å². The van der Waals surface area contributed by atoms with Crippen molar-refractivity contribution in [3.05, 3.63) is 40.8 Å². The highest BCUT2D eigenvalue weighted by atomic mass is 16.6. The van der Waals surface area contributed by atoms with E-state index in [9.17, 15) is 9.59 Å². The van der Waals surface area contributed by atoms with Crippen LogP contribution in [0.25, 0.3) is 22.3 Å². The van der Waals surface area contributed by atoms with Gasteiger partial charge in [-0.15, -0.1) is 0 Å². The van der Waals surface area contributed by atoms with Gasteiger partial charge in [0, 0.05) is 11.9 Å². The maximum Gasteiger partial charge on any atom is 0.410 e. The van der Waals surface area contributed by atoms with Gasteiger partial charge in [-0.2, -0.15) is 5.10 Å². The molecule has 158 valence electrons. The molecule has 1 saturated heterocycles. The number of fused-ring (bicyclic) bond motifs is 1. The van der Waals surface area contributed by atoms with Crippen molar-refractivity contribution in [1.82, 2.24) is 25.1 Å². The highest BCUT2D eigenvalue weighted by molar-refractivity contribution is 5.89. The molecule has 0 radical (unpaired) electrons. The number of nitrogens with zero attached hydrogens (tertiary/aromatic N) is 3. The molecule has 2 N–H and O–H groups in total. The SMILES string of the molecule is CC(C)(C)OC(=O)N1CCCC1COc1nc(-c2n[nH]c(=O)[nH]2)cc2ccccc12. The van der Waals surface area contributed by atoms with Crippen molar-refractivity contribution < 1.29 is 14.3 Å². The molecule has 0 aliphatic carbocycles. The minimum absolute atomic E-state index is 0.0886. The van der Waals surface area contributed by atoms with Crippen molar-refractivity contribution >= 4 is 16.9 Å². The van der Waals surface area contributed by atoms with Gasteiger partial charge in [0.1, 0.15) is 17.9 Å². The molecule has 30 heavy (non-hydrogen) atoms. The Morgan fingerprint density at radius 1 is 1.30 bits per heavy atom. The second-order valence-corrected chi connectivity index (χ2v) is 8.34. The number of carbonyl (C=O) groups is 1. The highest BCUT2D eigenvalue weighted by Gasteiger charge is 2.32. The molecule has 4 rings (SSSR count). The molecule has 1 aliphatic heterocycles. The molecular formula is C21H25N5O4. The molecular weight excluding hydrogens is 386 g/mol. The van der Waals surface area contributed by atoms with Gasteiger partial charge in [0.05, 0.1) is 6.04 Å². The van der Waals surface area contributed by atoms with E-state index in [4.69, 9.17) is 9.47 Å². The molecule has 0 bridgehead atoms. The van der Waals surface area contributed by atoms with Crippen LogP contribution >= 0.6 is 0 Å². The first kappa shape index (κ1) is 19.9. The van der Waals surface area contributed by atoms with Gasteiger partial charge in [0.15, 0.2) is 5.82 Å². The van der Waals surface area contributed by atoms with Gasteiger partial charge in [0.2, 0.25) is 5.88 Å². The standard InChI is InChI=1S/C21H25N5O4/c1-21(2,3)30-20(28)26-10-6-8-14(26)12-29-18-15-9-5-4-7-13(15)11-16(22-18)17-23-19(27)25-24-17/h4-5,7,9,11,14H,6,8,10,12H2,1-3H3,(H2,23,24,25,27). The Labute approximate surface area is 173 Å². The van der Waals surface area contributed by atoms with Gasteiger partial charge in [-0.3, -0.25) is 4.98 Å². The fraction of sp³-hybridized carbons (Fsp3) is 0.429. The second-order valence-electron chi connectivity index (χ2n) is 8.34. The minimum atomic E-state index is -0.544. The zero-order chi connectivity index (χ0) is 21.3. The average molecular weight is 411 g/mol. The summed E-state index contributed by atoms with van der Waals surface area (Å²) >= 11 is 0. The first-order valence-corrected chi connectivity index (χ1v) is 9.97. The number of aromatic amines is 2. The van der Waals surface area contributed by atoms with Crippen molar-refractivity contribution in [2.75, 3.05) is 13.2 Å². The van der Waals surface area contributed by atoms with Crippen LogP contribution in [-0.4, -0.2) is 56.0 Å². The van der Waals surface area contributed by atoms with Crippen molar-refractivity contribution in [3.63, 3.8) is 0 Å². The smallest absolute Gasteiger partial charge is 0.410 e. The zero-order valence-electron chi connectivity index (χ0n) is 17.3. The zero-order valence-corrected chi connectivity index (χ0v) is 17.3. The molecule has 1 amide bonds. The van der Waals surface area contributed by atoms with Crippen LogP contribution in [0.4, 0.5) is 4.79 Å². The topological polar surface area (TPSA) is 113 Å². The van der Waals surface area contributed by atoms with E-state index >= 15 is 0 Å². The molecule has 1 fully saturated rings. The largest absolute Gasteiger partial charge is 0.475 e. The maximum absolute atomic E-state index is 12.5. The monoisotopic (exact) mass is 411 g/mol. The number of aromatic nitrogens is 4. The van der Waals surface area contributed by atoms with Crippen LogP contribution in [0, 0.1) is 0 Å². The molecule has 9 nitrogen and oxygen atoms in total. The first-order chi connectivity index (χ1) is 14.3. The number of rotatable bonds is 4. The summed E-state index contributed by atoms with van der Waals surface area (Å²) in [6.45, 7) is 6.51. The van der Waals surface area contributed by atoms with Crippen molar-refractivity contribution in [3.8, 4) is 17.4 Å². The lowest BCUT2D eigenvalue weighted by atomic mass is 10.1. The third kappa shape index (κ3) is 4.29. The molecule has 1 aliphatic rings. The number of hydrogen-bond donors (Lipinski definition) is 2. The van der Waals surface area contributed by atoms with Crippen molar-refractivity contribution in [2.24, 2.45) is 0 Å². The summed E-state index contributed by atoms with van der Waals surface area (Å²) in [7, 11) is 0. The molecule has 3 aromatic rings. The lowest BCUT2D eigenvalue weighted by molar-refractivity contribution is 0.0186. The number of benzene rings is 1. The highest BCUT2D eigenvalue weighted by Crippen LogP contribution is 2.29. The minimum Gasteiger partial charge on any atom is -0.475 e. The molecule has 0 saturated carbocycles. The third-order valence-corrected chi connectivity index (χ3v) is 4.87. The van der Waals surface area contributed by atoms with Crippen LogP contribution in [0.15, 0.2) is 35.1 Å². The quantitative estimate of drug-likeness (QED) is 0.682. The van der Waals surface area contributed by atoms with Crippen molar-refractivity contribution in [2.45, 2.75) is 45.3 Å². The summed E-state index contributed by atoms with van der Waals surface area (Å²) in [5.74, 6) is 0.773. The summed E-state index contributed by atoms with van der Waals surface area (Å²) in [5.41, 5.74) is -0.448. The number of pyridine rings is 1. The van der Waals surface area contributed by atoms with E-state index in [1.807, 2.05) is 51.1 Å². The van der Waals surface area contributed by atoms with Crippen LogP contribution in [0.3, 0.4) is 0 Å². The lowest BCUT2D eigenvalue weighted by Crippen LogP contribution is -2.42. The molecule has 0 spiro atoms. The Kier molecular flexibility index (Phi) is 5.19. The summed E-state index contributed by atoms with van der Waals surface area (Å²) < 4.78 is 11.6. The summed E-state index contributed by atoms with van der Waals surface area (Å²) in [4.78, 5) is 32.9. The van der Waals surface area contributed by atoms with Crippen LogP contribution < -0.4 is 10.4 Å². The summed E-state index contributed by atoms with van der Waals surface area (Å²) in [6.07, 6.45) is 1.41. The fourth-order valence-corrected chi connectivity index (χ4v) is 3.53. The Morgan fingerprint density at radius 2 is 2.10 bits per heavy atom. The van der Waals surface area contributed by atoms with Gasteiger partial charge >= 0.3 is 11.8 Å². The number of likely N-dealkylation sites (tertiary alicyclic amines) is 1. The molecule has 2 aromatic heterocycles. The van der Waals surface area contributed by atoms with E-state index in [1.165, 1.54) is 0 Å². The fourth-order valence-electron chi connectivity index (χ4n) is 3.53. The number of carbonyl (C=O) groups excluding carboxylic acids is 1. The average Bonchev–Trinajstić information content (AvgIpc) is 3.33. The Morgan fingerprint density at radius 3 is 2.83 bits per heavy atom. The van der Waals surface area contributed by atoms with E-state index < -0.39 is 11.3 Å². The van der Waals surface area contributed by atoms with Gasteiger partial charge in [-0.1, -0.05) is 18.2 Å². The normalized spacial score (nSPS) is 16.8. The van der Waals surface area contributed by atoms with E-state index in [2.05, 4.69) is 20.2 Å².